The van der Waals surface area contributed by atoms with E-state index in [1.807, 2.05) is 32.0 Å². The van der Waals surface area contributed by atoms with Crippen molar-refractivity contribution in [2.75, 3.05) is 19.7 Å². The van der Waals surface area contributed by atoms with Crippen LogP contribution in [0, 0.1) is 11.3 Å². The third-order valence-electron chi connectivity index (χ3n) is 5.03. The maximum atomic E-state index is 12.5. The zero-order valence-electron chi connectivity index (χ0n) is 14.9. The molecular weight excluding hydrogens is 324 g/mol. The third-order valence-corrected chi connectivity index (χ3v) is 5.03. The van der Waals surface area contributed by atoms with Gasteiger partial charge in [-0.15, -0.1) is 12.4 Å². The van der Waals surface area contributed by atoms with Crippen molar-refractivity contribution in [1.29, 1.82) is 0 Å². The molecule has 1 aliphatic rings. The number of carbonyl (C=O) groups excluding carboxylic acids is 1. The highest BCUT2D eigenvalue weighted by Gasteiger charge is 2.32. The van der Waals surface area contributed by atoms with Gasteiger partial charge in [-0.1, -0.05) is 44.2 Å². The second-order valence-electron chi connectivity index (χ2n) is 7.43. The van der Waals surface area contributed by atoms with Crippen molar-refractivity contribution in [1.82, 2.24) is 10.6 Å². The molecule has 24 heavy (non-hydrogen) atoms. The molecule has 3 atom stereocenters. The molecule has 2 rings (SSSR count). The zero-order chi connectivity index (χ0) is 16.9. The lowest BCUT2D eigenvalue weighted by molar-refractivity contribution is -0.126. The van der Waals surface area contributed by atoms with Gasteiger partial charge in [0.1, 0.15) is 0 Å². The van der Waals surface area contributed by atoms with Gasteiger partial charge in [0, 0.05) is 31.0 Å². The summed E-state index contributed by atoms with van der Waals surface area (Å²) in [6.07, 6.45) is 1.79. The second-order valence-corrected chi connectivity index (χ2v) is 7.43. The molecule has 1 saturated heterocycles. The first-order chi connectivity index (χ1) is 10.9. The van der Waals surface area contributed by atoms with Crippen LogP contribution >= 0.6 is 12.4 Å². The van der Waals surface area contributed by atoms with E-state index < -0.39 is 0 Å². The fourth-order valence-electron chi connectivity index (χ4n) is 3.36. The highest BCUT2D eigenvalue weighted by atomic mass is 35.5. The number of hydrogen-bond donors (Lipinski definition) is 3. The molecule has 0 spiro atoms. The van der Waals surface area contributed by atoms with Crippen LogP contribution in [-0.4, -0.2) is 36.8 Å². The van der Waals surface area contributed by atoms with Crippen molar-refractivity contribution >= 4 is 18.3 Å². The highest BCUT2D eigenvalue weighted by molar-refractivity contribution is 5.85. The van der Waals surface area contributed by atoms with E-state index in [9.17, 15) is 9.90 Å². The van der Waals surface area contributed by atoms with E-state index in [4.69, 9.17) is 0 Å². The van der Waals surface area contributed by atoms with Crippen LogP contribution in [-0.2, 0) is 4.79 Å². The fraction of sp³-hybridized carbons (Fsp3) is 0.632. The molecule has 1 amide bonds. The van der Waals surface area contributed by atoms with Crippen LogP contribution in [0.1, 0.15) is 45.1 Å². The predicted octanol–water partition coefficient (Wildman–Crippen LogP) is 2.71. The molecule has 4 nitrogen and oxygen atoms in total. The number of aliphatic hydroxyl groups excluding tert-OH is 1. The predicted molar refractivity (Wildman–Crippen MR) is 100 cm³/mol. The molecular formula is C19H31ClN2O2. The summed E-state index contributed by atoms with van der Waals surface area (Å²) in [6.45, 7) is 7.78. The van der Waals surface area contributed by atoms with Gasteiger partial charge in [0.15, 0.2) is 0 Å². The molecule has 136 valence electrons. The van der Waals surface area contributed by atoms with Gasteiger partial charge >= 0.3 is 0 Å². The Morgan fingerprint density at radius 3 is 2.62 bits per heavy atom. The molecule has 1 aromatic carbocycles. The van der Waals surface area contributed by atoms with Gasteiger partial charge in [0.25, 0.3) is 0 Å². The van der Waals surface area contributed by atoms with Crippen molar-refractivity contribution < 1.29 is 9.90 Å². The molecule has 1 unspecified atom stereocenters. The summed E-state index contributed by atoms with van der Waals surface area (Å²) in [5.41, 5.74) is 0.876. The Morgan fingerprint density at radius 1 is 1.38 bits per heavy atom. The molecule has 0 bridgehead atoms. The SMILES string of the molecule is C[C@H]1C[C@@H](C(=O)NCC(c2ccccc2)C(C)(C)CO)CCN1.Cl. The number of aliphatic hydroxyl groups is 1. The number of amides is 1. The summed E-state index contributed by atoms with van der Waals surface area (Å²) >= 11 is 0. The quantitative estimate of drug-likeness (QED) is 0.736. The summed E-state index contributed by atoms with van der Waals surface area (Å²) in [7, 11) is 0. The molecule has 0 aromatic heterocycles. The maximum absolute atomic E-state index is 12.5. The van der Waals surface area contributed by atoms with E-state index in [0.717, 1.165) is 24.9 Å². The van der Waals surface area contributed by atoms with Crippen molar-refractivity contribution in [2.45, 2.75) is 45.6 Å². The van der Waals surface area contributed by atoms with E-state index in [-0.39, 0.29) is 42.2 Å². The van der Waals surface area contributed by atoms with Gasteiger partial charge in [0.05, 0.1) is 0 Å². The summed E-state index contributed by atoms with van der Waals surface area (Å²) in [5, 5.41) is 16.3. The van der Waals surface area contributed by atoms with Gasteiger partial charge in [0.2, 0.25) is 5.91 Å². The van der Waals surface area contributed by atoms with Crippen LogP contribution in [0.2, 0.25) is 0 Å². The van der Waals surface area contributed by atoms with Crippen LogP contribution in [0.25, 0.3) is 0 Å². The summed E-state index contributed by atoms with van der Waals surface area (Å²) in [6, 6.07) is 10.5. The number of nitrogens with one attached hydrogen (secondary N) is 2. The number of hydrogen-bond acceptors (Lipinski definition) is 3. The molecule has 1 aliphatic heterocycles. The lowest BCUT2D eigenvalue weighted by Gasteiger charge is -2.34. The smallest absolute Gasteiger partial charge is 0.223 e. The van der Waals surface area contributed by atoms with Gasteiger partial charge in [-0.25, -0.2) is 0 Å². The van der Waals surface area contributed by atoms with E-state index in [0.29, 0.717) is 12.6 Å². The van der Waals surface area contributed by atoms with Crippen molar-refractivity contribution in [3.05, 3.63) is 35.9 Å². The molecule has 1 aromatic rings. The molecule has 0 saturated carbocycles. The van der Waals surface area contributed by atoms with Crippen LogP contribution in [0.4, 0.5) is 0 Å². The second kappa shape index (κ2) is 9.40. The van der Waals surface area contributed by atoms with E-state index in [2.05, 4.69) is 29.7 Å². The summed E-state index contributed by atoms with van der Waals surface area (Å²) in [4.78, 5) is 12.5. The minimum absolute atomic E-state index is 0. The fourth-order valence-corrected chi connectivity index (χ4v) is 3.36. The molecule has 5 heteroatoms. The number of piperidine rings is 1. The maximum Gasteiger partial charge on any atom is 0.223 e. The summed E-state index contributed by atoms with van der Waals surface area (Å²) in [5.74, 6) is 0.338. The molecule has 0 radical (unpaired) electrons. The van der Waals surface area contributed by atoms with E-state index >= 15 is 0 Å². The van der Waals surface area contributed by atoms with Crippen LogP contribution in [0.5, 0.6) is 0 Å². The third kappa shape index (κ3) is 5.47. The largest absolute Gasteiger partial charge is 0.396 e. The monoisotopic (exact) mass is 354 g/mol. The zero-order valence-corrected chi connectivity index (χ0v) is 15.7. The molecule has 1 heterocycles. The number of carbonyl (C=O) groups is 1. The molecule has 1 fully saturated rings. The standard InChI is InChI=1S/C19H30N2O2.ClH/c1-14-11-16(9-10-20-14)18(23)21-12-17(19(2,3)13-22)15-7-5-4-6-8-15;/h4-8,14,16-17,20,22H,9-13H2,1-3H3,(H,21,23);1H/t14-,16-,17?;/m0./s1. The van der Waals surface area contributed by atoms with Crippen LogP contribution in [0.3, 0.4) is 0 Å². The van der Waals surface area contributed by atoms with Gasteiger partial charge in [-0.3, -0.25) is 4.79 Å². The Labute approximate surface area is 151 Å². The first-order valence-corrected chi connectivity index (χ1v) is 8.61. The normalized spacial score (nSPS) is 22.3. The highest BCUT2D eigenvalue weighted by Crippen LogP contribution is 2.34. The first-order valence-electron chi connectivity index (χ1n) is 8.61. The van der Waals surface area contributed by atoms with Crippen molar-refractivity contribution in [2.24, 2.45) is 11.3 Å². The Hall–Kier alpha value is -1.10. The first kappa shape index (κ1) is 20.9. The average molecular weight is 355 g/mol. The topological polar surface area (TPSA) is 61.4 Å². The van der Waals surface area contributed by atoms with E-state index in [1.54, 1.807) is 0 Å². The molecule has 3 N–H and O–H groups in total. The lowest BCUT2D eigenvalue weighted by atomic mass is 9.75. The lowest BCUT2D eigenvalue weighted by Crippen LogP contribution is -2.44. The number of rotatable bonds is 6. The Kier molecular flexibility index (Phi) is 8.20. The summed E-state index contributed by atoms with van der Waals surface area (Å²) < 4.78 is 0. The average Bonchev–Trinajstić information content (AvgIpc) is 2.55. The minimum Gasteiger partial charge on any atom is -0.396 e. The number of halogens is 1. The van der Waals surface area contributed by atoms with Gasteiger partial charge in [-0.2, -0.15) is 0 Å². The Bertz CT molecular complexity index is 507. The number of benzene rings is 1. The Morgan fingerprint density at radius 2 is 2.04 bits per heavy atom. The van der Waals surface area contributed by atoms with Gasteiger partial charge < -0.3 is 15.7 Å². The molecule has 0 aliphatic carbocycles. The van der Waals surface area contributed by atoms with Crippen LogP contribution in [0.15, 0.2) is 30.3 Å². The van der Waals surface area contributed by atoms with Crippen molar-refractivity contribution in [3.63, 3.8) is 0 Å². The minimum atomic E-state index is -0.282. The Balaban J connectivity index is 0.00000288. The van der Waals surface area contributed by atoms with Gasteiger partial charge in [-0.05, 0) is 37.3 Å². The van der Waals surface area contributed by atoms with Crippen molar-refractivity contribution in [3.8, 4) is 0 Å². The van der Waals surface area contributed by atoms with Crippen LogP contribution < -0.4 is 10.6 Å². The van der Waals surface area contributed by atoms with E-state index in [1.165, 1.54) is 0 Å².